The number of carbonyl (C=O) groups excluding carboxylic acids is 4. The Balaban J connectivity index is 0.965. The molecule has 2 heterocycles. The molecule has 4 aromatic carbocycles. The maximum absolute atomic E-state index is 12.7. The van der Waals surface area contributed by atoms with Gasteiger partial charge in [0.1, 0.15) is 0 Å². The Bertz CT molecular complexity index is 2000. The van der Waals surface area contributed by atoms with Gasteiger partial charge in [-0.05, 0) is 71.4 Å². The Morgan fingerprint density at radius 2 is 1.02 bits per heavy atom. The summed E-state index contributed by atoms with van der Waals surface area (Å²) in [6, 6.07) is 20.3. The minimum absolute atomic E-state index is 0.0205. The van der Waals surface area contributed by atoms with Crippen LogP contribution in [0, 0.1) is 0 Å². The molecule has 46 heavy (non-hydrogen) atoms. The first-order valence-electron chi connectivity index (χ1n) is 13.5. The molecule has 0 aliphatic carbocycles. The van der Waals surface area contributed by atoms with Gasteiger partial charge in [0.05, 0.1) is 33.6 Å². The van der Waals surface area contributed by atoms with Crippen LogP contribution in [0.4, 0.5) is 0 Å². The van der Waals surface area contributed by atoms with Crippen LogP contribution in [-0.2, 0) is 9.59 Å². The smallest absolute Gasteiger partial charge is 0.269 e. The van der Waals surface area contributed by atoms with E-state index >= 15 is 0 Å². The Kier molecular flexibility index (Phi) is 9.30. The number of imidazole rings is 2. The molecule has 6 rings (SSSR count). The maximum Gasteiger partial charge on any atom is 0.269 e. The van der Waals surface area contributed by atoms with Crippen molar-refractivity contribution in [1.82, 2.24) is 41.6 Å². The zero-order valence-electron chi connectivity index (χ0n) is 23.4. The number of nitrogens with one attached hydrogen (secondary N) is 6. The lowest BCUT2D eigenvalue weighted by Gasteiger charge is -2.09. The molecule has 0 saturated heterocycles. The summed E-state index contributed by atoms with van der Waals surface area (Å²) in [5, 5.41) is 3.65. The van der Waals surface area contributed by atoms with Crippen LogP contribution in [0.5, 0.6) is 0 Å². The molecule has 0 unspecified atom stereocenters. The first-order chi connectivity index (χ1) is 22.2. The van der Waals surface area contributed by atoms with Crippen LogP contribution in [0.1, 0.15) is 20.7 Å². The number of aromatic amines is 2. The number of amides is 4. The van der Waals surface area contributed by atoms with Gasteiger partial charge in [-0.25, -0.2) is 9.97 Å². The van der Waals surface area contributed by atoms with Crippen molar-refractivity contribution in [3.63, 3.8) is 0 Å². The predicted octanol–water partition coefficient (Wildman–Crippen LogP) is 5.01. The number of benzene rings is 4. The zero-order valence-corrected chi connectivity index (χ0v) is 26.6. The number of hydrazine groups is 2. The molecule has 6 N–H and O–H groups in total. The standard InChI is InChI=1S/C30H22Cl2N8O4S2/c31-19-5-7-21-23(11-19)35-29(33-21)45-13-25(41)37-39-27(43)17-3-1-15-9-18(4-2-16(15)10-17)28(44)40-38-26(42)14-46-30-34-22-8-6-20(32)12-24(22)36-30/h1-12H,13-14H2,(H,33,35)(H,34,36)(H,37,41)(H,38,42)(H,39,43)(H,40,44). The second-order valence-corrected chi connectivity index (χ2v) is 12.6. The normalized spacial score (nSPS) is 11.1. The van der Waals surface area contributed by atoms with Crippen molar-refractivity contribution in [2.45, 2.75) is 10.3 Å². The number of H-pyrrole nitrogens is 2. The summed E-state index contributed by atoms with van der Waals surface area (Å²) in [7, 11) is 0. The highest BCUT2D eigenvalue weighted by Crippen LogP contribution is 2.23. The van der Waals surface area contributed by atoms with E-state index < -0.39 is 23.6 Å². The average molecular weight is 694 g/mol. The summed E-state index contributed by atoms with van der Waals surface area (Å²) in [6.07, 6.45) is 0. The van der Waals surface area contributed by atoms with Gasteiger partial charge < -0.3 is 9.97 Å². The Labute approximate surface area is 278 Å². The van der Waals surface area contributed by atoms with E-state index in [0.29, 0.717) is 42.3 Å². The number of hydrogen-bond acceptors (Lipinski definition) is 8. The van der Waals surface area contributed by atoms with Crippen LogP contribution in [0.15, 0.2) is 83.1 Å². The van der Waals surface area contributed by atoms with Gasteiger partial charge in [0.2, 0.25) is 11.8 Å². The molecule has 0 bridgehead atoms. The van der Waals surface area contributed by atoms with Crippen LogP contribution in [0.3, 0.4) is 0 Å². The lowest BCUT2D eigenvalue weighted by molar-refractivity contribution is -0.120. The number of nitrogens with zero attached hydrogens (tertiary/aromatic N) is 2. The minimum atomic E-state index is -0.507. The lowest BCUT2D eigenvalue weighted by Crippen LogP contribution is -2.42. The molecule has 0 spiro atoms. The van der Waals surface area contributed by atoms with E-state index in [0.717, 1.165) is 22.1 Å². The van der Waals surface area contributed by atoms with Crippen LogP contribution < -0.4 is 21.7 Å². The molecule has 0 saturated carbocycles. The van der Waals surface area contributed by atoms with Gasteiger partial charge in [-0.2, -0.15) is 0 Å². The second kappa shape index (κ2) is 13.7. The Morgan fingerprint density at radius 3 is 1.46 bits per heavy atom. The predicted molar refractivity (Wildman–Crippen MR) is 179 cm³/mol. The number of hydrogen-bond donors (Lipinski definition) is 6. The Hall–Kier alpha value is -4.76. The van der Waals surface area contributed by atoms with E-state index in [9.17, 15) is 19.2 Å². The molecule has 0 fully saturated rings. The summed E-state index contributed by atoms with van der Waals surface area (Å²) in [4.78, 5) is 64.9. The fourth-order valence-corrected chi connectivity index (χ4v) is 6.03. The van der Waals surface area contributed by atoms with Crippen molar-refractivity contribution in [3.05, 3.63) is 94.0 Å². The van der Waals surface area contributed by atoms with Crippen molar-refractivity contribution in [2.75, 3.05) is 11.5 Å². The highest BCUT2D eigenvalue weighted by atomic mass is 35.5. The molecule has 6 aromatic rings. The molecule has 0 radical (unpaired) electrons. The molecule has 4 amide bonds. The van der Waals surface area contributed by atoms with Crippen molar-refractivity contribution in [2.24, 2.45) is 0 Å². The van der Waals surface area contributed by atoms with E-state index in [1.54, 1.807) is 72.8 Å². The van der Waals surface area contributed by atoms with Gasteiger partial charge in [0, 0.05) is 21.2 Å². The average Bonchev–Trinajstić information content (AvgIpc) is 3.66. The summed E-state index contributed by atoms with van der Waals surface area (Å²) >= 11 is 14.4. The summed E-state index contributed by atoms with van der Waals surface area (Å²) in [5.41, 5.74) is 13.2. The molecule has 0 atom stereocenters. The van der Waals surface area contributed by atoms with Crippen LogP contribution in [0.25, 0.3) is 32.8 Å². The molecule has 2 aromatic heterocycles. The van der Waals surface area contributed by atoms with Gasteiger partial charge in [0.25, 0.3) is 11.8 Å². The van der Waals surface area contributed by atoms with E-state index in [2.05, 4.69) is 41.6 Å². The van der Waals surface area contributed by atoms with E-state index in [1.165, 1.54) is 23.5 Å². The van der Waals surface area contributed by atoms with Crippen LogP contribution in [-0.4, -0.2) is 55.1 Å². The highest BCUT2D eigenvalue weighted by Gasteiger charge is 2.13. The fraction of sp³-hybridized carbons (Fsp3) is 0.0667. The quantitative estimate of drug-likeness (QED) is 0.0954. The second-order valence-electron chi connectivity index (χ2n) is 9.77. The van der Waals surface area contributed by atoms with Crippen molar-refractivity contribution >= 4 is 103 Å². The largest absolute Gasteiger partial charge is 0.333 e. The van der Waals surface area contributed by atoms with Gasteiger partial charge >= 0.3 is 0 Å². The number of fused-ring (bicyclic) bond motifs is 3. The number of halogens is 2. The number of thioether (sulfide) groups is 2. The van der Waals surface area contributed by atoms with E-state index in [4.69, 9.17) is 23.2 Å². The topological polar surface area (TPSA) is 174 Å². The van der Waals surface area contributed by atoms with Crippen LogP contribution in [0.2, 0.25) is 10.0 Å². The SMILES string of the molecule is O=C(CSc1nc2ccc(Cl)cc2[nH]1)NNC(=O)c1ccc2cc(C(=O)NNC(=O)CSc3nc4ccc(Cl)cc4[nH]3)ccc2c1. The first-order valence-corrected chi connectivity index (χ1v) is 16.2. The number of rotatable bonds is 8. The zero-order chi connectivity index (χ0) is 32.2. The molecule has 0 aliphatic rings. The molecule has 16 heteroatoms. The first kappa shape index (κ1) is 31.2. The van der Waals surface area contributed by atoms with Crippen molar-refractivity contribution in [1.29, 1.82) is 0 Å². The number of aromatic nitrogens is 4. The molecular formula is C30H22Cl2N8O4S2. The third kappa shape index (κ3) is 7.54. The molecule has 232 valence electrons. The molecule has 12 nitrogen and oxygen atoms in total. The molecule has 0 aliphatic heterocycles. The number of carbonyl (C=O) groups is 4. The summed E-state index contributed by atoms with van der Waals surface area (Å²) < 4.78 is 0. The minimum Gasteiger partial charge on any atom is -0.333 e. The fourth-order valence-electron chi connectivity index (χ4n) is 4.32. The van der Waals surface area contributed by atoms with E-state index in [-0.39, 0.29) is 11.5 Å². The van der Waals surface area contributed by atoms with Gasteiger partial charge in [-0.15, -0.1) is 0 Å². The van der Waals surface area contributed by atoms with Gasteiger partial charge in [-0.1, -0.05) is 58.9 Å². The highest BCUT2D eigenvalue weighted by molar-refractivity contribution is 8.00. The molecular weight excluding hydrogens is 671 g/mol. The summed E-state index contributed by atoms with van der Waals surface area (Å²) in [5.74, 6) is -1.81. The third-order valence-corrected chi connectivity index (χ3v) is 8.74. The maximum atomic E-state index is 12.7. The van der Waals surface area contributed by atoms with Crippen molar-refractivity contribution in [3.8, 4) is 0 Å². The van der Waals surface area contributed by atoms with E-state index in [1.807, 2.05) is 0 Å². The lowest BCUT2D eigenvalue weighted by atomic mass is 10.0. The Morgan fingerprint density at radius 1 is 0.587 bits per heavy atom. The van der Waals surface area contributed by atoms with Gasteiger partial charge in [-0.3, -0.25) is 40.9 Å². The van der Waals surface area contributed by atoms with Crippen molar-refractivity contribution < 1.29 is 19.2 Å². The van der Waals surface area contributed by atoms with Crippen LogP contribution >= 0.6 is 46.7 Å². The monoisotopic (exact) mass is 692 g/mol. The third-order valence-electron chi connectivity index (χ3n) is 6.52. The summed E-state index contributed by atoms with van der Waals surface area (Å²) in [6.45, 7) is 0. The van der Waals surface area contributed by atoms with Gasteiger partial charge in [0.15, 0.2) is 10.3 Å².